The van der Waals surface area contributed by atoms with Crippen LogP contribution < -0.4 is 0 Å². The molecule has 0 saturated carbocycles. The molecule has 0 aliphatic carbocycles. The lowest BCUT2D eigenvalue weighted by molar-refractivity contribution is -0.0352. The summed E-state index contributed by atoms with van der Waals surface area (Å²) in [6.45, 7) is 3.75. The van der Waals surface area contributed by atoms with Crippen LogP contribution >= 0.6 is 11.3 Å². The summed E-state index contributed by atoms with van der Waals surface area (Å²) >= 11 is 1.83. The Labute approximate surface area is 116 Å². The minimum Gasteiger partial charge on any atom is -0.368 e. The first kappa shape index (κ1) is 12.8. The molecule has 0 spiro atoms. The molecule has 0 bridgehead atoms. The van der Waals surface area contributed by atoms with Gasteiger partial charge in [-0.25, -0.2) is 0 Å². The number of hydrogen-bond donors (Lipinski definition) is 0. The van der Waals surface area contributed by atoms with Crippen molar-refractivity contribution in [1.29, 1.82) is 0 Å². The second-order valence-electron chi connectivity index (χ2n) is 4.79. The number of rotatable bonds is 4. The largest absolute Gasteiger partial charge is 0.368 e. The molecule has 2 aromatic rings. The molecule has 1 saturated heterocycles. The average Bonchev–Trinajstić information content (AvgIpc) is 3.08. The zero-order chi connectivity index (χ0) is 13.1. The third-order valence-corrected chi connectivity index (χ3v) is 4.38. The summed E-state index contributed by atoms with van der Waals surface area (Å²) in [7, 11) is 1.96. The van der Waals surface area contributed by atoms with Crippen LogP contribution in [0.4, 0.5) is 0 Å². The van der Waals surface area contributed by atoms with Gasteiger partial charge in [0.15, 0.2) is 5.82 Å². The lowest BCUT2D eigenvalue weighted by Crippen LogP contribution is -2.40. The van der Waals surface area contributed by atoms with E-state index in [1.807, 2.05) is 23.0 Å². The van der Waals surface area contributed by atoms with E-state index >= 15 is 0 Å². The highest BCUT2D eigenvalue weighted by molar-refractivity contribution is 7.09. The molecule has 3 rings (SSSR count). The van der Waals surface area contributed by atoms with Crippen LogP contribution in [0, 0.1) is 0 Å². The van der Waals surface area contributed by atoms with Gasteiger partial charge in [-0.3, -0.25) is 4.90 Å². The molecule has 3 heterocycles. The molecule has 2 aromatic heterocycles. The number of nitrogens with zero attached hydrogens (tertiary/aromatic N) is 4. The fourth-order valence-electron chi connectivity index (χ4n) is 2.37. The highest BCUT2D eigenvalue weighted by Crippen LogP contribution is 2.20. The molecule has 1 aliphatic heterocycles. The first-order chi connectivity index (χ1) is 9.33. The standard InChI is InChI=1S/C13H18N4OS/c1-16-10-14-15-13(16)12-9-17(6-7-18-12)5-4-11-3-2-8-19-11/h2-3,8,10,12H,4-7,9H2,1H3/t12-/m0/s1. The molecule has 1 aliphatic rings. The lowest BCUT2D eigenvalue weighted by atomic mass is 10.2. The molecule has 0 unspecified atom stereocenters. The van der Waals surface area contributed by atoms with Crippen molar-refractivity contribution in [2.24, 2.45) is 7.05 Å². The predicted molar refractivity (Wildman–Crippen MR) is 74.2 cm³/mol. The Hall–Kier alpha value is -1.24. The number of ether oxygens (including phenoxy) is 1. The Bertz CT molecular complexity index is 510. The Morgan fingerprint density at radius 2 is 2.47 bits per heavy atom. The van der Waals surface area contributed by atoms with E-state index in [2.05, 4.69) is 32.6 Å². The summed E-state index contributed by atoms with van der Waals surface area (Å²) in [5.74, 6) is 0.917. The summed E-state index contributed by atoms with van der Waals surface area (Å²) in [5.41, 5.74) is 0. The molecular weight excluding hydrogens is 260 g/mol. The van der Waals surface area contributed by atoms with Crippen LogP contribution in [0.2, 0.25) is 0 Å². The molecule has 0 amide bonds. The van der Waals surface area contributed by atoms with Crippen molar-refractivity contribution >= 4 is 11.3 Å². The van der Waals surface area contributed by atoms with Crippen LogP contribution in [-0.2, 0) is 18.2 Å². The van der Waals surface area contributed by atoms with E-state index in [0.717, 1.165) is 38.5 Å². The number of aromatic nitrogens is 3. The molecule has 6 heteroatoms. The summed E-state index contributed by atoms with van der Waals surface area (Å²) in [4.78, 5) is 3.89. The van der Waals surface area contributed by atoms with Crippen molar-refractivity contribution < 1.29 is 4.74 Å². The monoisotopic (exact) mass is 278 g/mol. The second kappa shape index (κ2) is 5.81. The van der Waals surface area contributed by atoms with Crippen molar-refractivity contribution in [3.63, 3.8) is 0 Å². The normalized spacial score (nSPS) is 20.8. The van der Waals surface area contributed by atoms with Gasteiger partial charge in [-0.15, -0.1) is 21.5 Å². The van der Waals surface area contributed by atoms with Gasteiger partial charge in [0, 0.05) is 31.6 Å². The molecule has 0 N–H and O–H groups in total. The second-order valence-corrected chi connectivity index (χ2v) is 5.82. The van der Waals surface area contributed by atoms with Crippen LogP contribution in [0.25, 0.3) is 0 Å². The van der Waals surface area contributed by atoms with Crippen molar-refractivity contribution in [3.05, 3.63) is 34.5 Å². The van der Waals surface area contributed by atoms with Crippen molar-refractivity contribution in [3.8, 4) is 0 Å². The number of aryl methyl sites for hydroxylation is 1. The third-order valence-electron chi connectivity index (χ3n) is 3.44. The summed E-state index contributed by atoms with van der Waals surface area (Å²) in [6.07, 6.45) is 2.89. The minimum absolute atomic E-state index is 0.0459. The highest BCUT2D eigenvalue weighted by atomic mass is 32.1. The maximum atomic E-state index is 5.81. The maximum absolute atomic E-state index is 5.81. The average molecular weight is 278 g/mol. The molecule has 1 atom stereocenters. The maximum Gasteiger partial charge on any atom is 0.163 e. The van der Waals surface area contributed by atoms with Gasteiger partial charge < -0.3 is 9.30 Å². The van der Waals surface area contributed by atoms with E-state index in [1.54, 1.807) is 6.33 Å². The molecule has 0 radical (unpaired) electrons. The molecule has 1 fully saturated rings. The quantitative estimate of drug-likeness (QED) is 0.850. The summed E-state index contributed by atoms with van der Waals surface area (Å²) in [6, 6.07) is 4.31. The topological polar surface area (TPSA) is 43.2 Å². The van der Waals surface area contributed by atoms with Gasteiger partial charge in [0.25, 0.3) is 0 Å². The van der Waals surface area contributed by atoms with Gasteiger partial charge in [-0.05, 0) is 17.9 Å². The van der Waals surface area contributed by atoms with Crippen molar-refractivity contribution in [1.82, 2.24) is 19.7 Å². The SMILES string of the molecule is Cn1cnnc1[C@@H]1CN(CCc2cccs2)CCO1. The van der Waals surface area contributed by atoms with E-state index in [-0.39, 0.29) is 6.10 Å². The van der Waals surface area contributed by atoms with Gasteiger partial charge >= 0.3 is 0 Å². The van der Waals surface area contributed by atoms with Crippen LogP contribution in [0.5, 0.6) is 0 Å². The van der Waals surface area contributed by atoms with Crippen LogP contribution in [0.3, 0.4) is 0 Å². The fraction of sp³-hybridized carbons (Fsp3) is 0.538. The summed E-state index contributed by atoms with van der Waals surface area (Å²) < 4.78 is 7.75. The van der Waals surface area contributed by atoms with E-state index < -0.39 is 0 Å². The Morgan fingerprint density at radius 3 is 3.21 bits per heavy atom. The highest BCUT2D eigenvalue weighted by Gasteiger charge is 2.25. The van der Waals surface area contributed by atoms with E-state index in [0.29, 0.717) is 0 Å². The fourth-order valence-corrected chi connectivity index (χ4v) is 3.07. The lowest BCUT2D eigenvalue weighted by Gasteiger charge is -2.32. The van der Waals surface area contributed by atoms with Gasteiger partial charge in [0.2, 0.25) is 0 Å². The number of morpholine rings is 1. The third kappa shape index (κ3) is 3.02. The number of thiophene rings is 1. The zero-order valence-corrected chi connectivity index (χ0v) is 11.8. The van der Waals surface area contributed by atoms with Gasteiger partial charge in [0.1, 0.15) is 12.4 Å². The Kier molecular flexibility index (Phi) is 3.91. The van der Waals surface area contributed by atoms with E-state index in [9.17, 15) is 0 Å². The summed E-state index contributed by atoms with van der Waals surface area (Å²) in [5, 5.41) is 10.2. The first-order valence-electron chi connectivity index (χ1n) is 6.53. The van der Waals surface area contributed by atoms with Crippen LogP contribution in [0.15, 0.2) is 23.8 Å². The van der Waals surface area contributed by atoms with Crippen molar-refractivity contribution in [2.75, 3.05) is 26.2 Å². The molecule has 102 valence electrons. The molecule has 19 heavy (non-hydrogen) atoms. The van der Waals surface area contributed by atoms with E-state index in [4.69, 9.17) is 4.74 Å². The van der Waals surface area contributed by atoms with Crippen molar-refractivity contribution in [2.45, 2.75) is 12.5 Å². The minimum atomic E-state index is 0.0459. The van der Waals surface area contributed by atoms with Crippen LogP contribution in [-0.4, -0.2) is 45.9 Å². The smallest absolute Gasteiger partial charge is 0.163 e. The first-order valence-corrected chi connectivity index (χ1v) is 7.41. The molecular formula is C13H18N4OS. The molecule has 0 aromatic carbocycles. The van der Waals surface area contributed by atoms with Gasteiger partial charge in [-0.1, -0.05) is 6.07 Å². The number of hydrogen-bond acceptors (Lipinski definition) is 5. The zero-order valence-electron chi connectivity index (χ0n) is 11.0. The Balaban J connectivity index is 1.57. The Morgan fingerprint density at radius 1 is 1.53 bits per heavy atom. The van der Waals surface area contributed by atoms with Crippen LogP contribution in [0.1, 0.15) is 16.8 Å². The van der Waals surface area contributed by atoms with E-state index in [1.165, 1.54) is 4.88 Å². The van der Waals surface area contributed by atoms with Gasteiger partial charge in [-0.2, -0.15) is 0 Å². The van der Waals surface area contributed by atoms with Gasteiger partial charge in [0.05, 0.1) is 6.61 Å². The predicted octanol–water partition coefficient (Wildman–Crippen LogP) is 1.49. The molecule has 5 nitrogen and oxygen atoms in total.